The van der Waals surface area contributed by atoms with Gasteiger partial charge in [0, 0.05) is 29.8 Å². The molecule has 0 radical (unpaired) electrons. The van der Waals surface area contributed by atoms with Crippen LogP contribution in [0.5, 0.6) is 0 Å². The third-order valence-electron chi connectivity index (χ3n) is 3.89. The van der Waals surface area contributed by atoms with Crippen LogP contribution in [0.1, 0.15) is 24.2 Å². The largest absolute Gasteiger partial charge is 0.361 e. The number of hydrogen-bond donors (Lipinski definition) is 3. The predicted octanol–water partition coefficient (Wildman–Crippen LogP) is 3.30. The van der Waals surface area contributed by atoms with Crippen LogP contribution in [0.4, 0.5) is 9.18 Å². The van der Waals surface area contributed by atoms with E-state index in [1.807, 2.05) is 31.3 Å². The highest BCUT2D eigenvalue weighted by atomic mass is 19.1. The van der Waals surface area contributed by atoms with Gasteiger partial charge in [0.25, 0.3) is 0 Å². The van der Waals surface area contributed by atoms with Crippen LogP contribution in [0.15, 0.2) is 48.8 Å². The van der Waals surface area contributed by atoms with Crippen LogP contribution in [0.3, 0.4) is 0 Å². The monoisotopic (exact) mass is 326 g/mol. The molecule has 5 nitrogen and oxygen atoms in total. The molecule has 0 aliphatic heterocycles. The minimum Gasteiger partial charge on any atom is -0.361 e. The lowest BCUT2D eigenvalue weighted by atomic mass is 10.1. The number of hydrogen-bond acceptors (Lipinski definition) is 2. The number of amides is 2. The number of H-pyrrole nitrogens is 1. The predicted molar refractivity (Wildman–Crippen MR) is 91.1 cm³/mol. The zero-order valence-electron chi connectivity index (χ0n) is 13.3. The smallest absolute Gasteiger partial charge is 0.315 e. The molecule has 1 atom stereocenters. The molecule has 124 valence electrons. The van der Waals surface area contributed by atoms with Gasteiger partial charge in [0.1, 0.15) is 5.82 Å². The van der Waals surface area contributed by atoms with Gasteiger partial charge in [0.15, 0.2) is 0 Å². The van der Waals surface area contributed by atoms with E-state index in [2.05, 4.69) is 20.6 Å². The Bertz CT molecular complexity index is 831. The molecule has 0 bridgehead atoms. The molecule has 24 heavy (non-hydrogen) atoms. The number of carbonyl (C=O) groups excluding carboxylic acids is 1. The number of aromatic amines is 1. The molecule has 0 aliphatic carbocycles. The SMILES string of the molecule is C[C@@H](NC(=O)NCCc1c[nH]c2cc(F)ccc12)c1ccccn1. The first-order valence-corrected chi connectivity index (χ1v) is 7.84. The third kappa shape index (κ3) is 3.71. The number of carbonyl (C=O) groups is 1. The second kappa shape index (κ2) is 7.12. The maximum absolute atomic E-state index is 13.2. The van der Waals surface area contributed by atoms with Crippen molar-refractivity contribution >= 4 is 16.9 Å². The number of rotatable bonds is 5. The summed E-state index contributed by atoms with van der Waals surface area (Å²) in [5, 5.41) is 6.66. The normalized spacial score (nSPS) is 12.1. The molecule has 2 amide bonds. The average Bonchev–Trinajstić information content (AvgIpc) is 2.97. The van der Waals surface area contributed by atoms with Gasteiger partial charge in [-0.2, -0.15) is 0 Å². The van der Waals surface area contributed by atoms with Crippen LogP contribution < -0.4 is 10.6 Å². The second-order valence-corrected chi connectivity index (χ2v) is 5.63. The van der Waals surface area contributed by atoms with Crippen molar-refractivity contribution < 1.29 is 9.18 Å². The van der Waals surface area contributed by atoms with Gasteiger partial charge in [-0.1, -0.05) is 6.07 Å². The third-order valence-corrected chi connectivity index (χ3v) is 3.89. The first-order valence-electron chi connectivity index (χ1n) is 7.84. The molecule has 0 unspecified atom stereocenters. The Morgan fingerprint density at radius 2 is 2.21 bits per heavy atom. The Morgan fingerprint density at radius 3 is 3.00 bits per heavy atom. The molecule has 1 aromatic carbocycles. The van der Waals surface area contributed by atoms with Crippen LogP contribution in [-0.4, -0.2) is 22.5 Å². The van der Waals surface area contributed by atoms with Gasteiger partial charge in [0.05, 0.1) is 11.7 Å². The van der Waals surface area contributed by atoms with E-state index in [0.29, 0.717) is 13.0 Å². The molecule has 2 aromatic heterocycles. The highest BCUT2D eigenvalue weighted by Crippen LogP contribution is 2.19. The Kier molecular flexibility index (Phi) is 4.74. The Balaban J connectivity index is 1.51. The van der Waals surface area contributed by atoms with E-state index in [0.717, 1.165) is 22.2 Å². The van der Waals surface area contributed by atoms with Crippen molar-refractivity contribution in [3.05, 3.63) is 65.9 Å². The van der Waals surface area contributed by atoms with Gasteiger partial charge in [-0.3, -0.25) is 4.98 Å². The van der Waals surface area contributed by atoms with Gasteiger partial charge in [-0.25, -0.2) is 9.18 Å². The Labute approximate surface area is 139 Å². The first-order chi connectivity index (χ1) is 11.6. The molecule has 0 aliphatic rings. The Hall–Kier alpha value is -2.89. The van der Waals surface area contributed by atoms with Crippen molar-refractivity contribution in [3.63, 3.8) is 0 Å². The summed E-state index contributed by atoms with van der Waals surface area (Å²) in [4.78, 5) is 19.2. The number of fused-ring (bicyclic) bond motifs is 1. The number of urea groups is 1. The summed E-state index contributed by atoms with van der Waals surface area (Å²) in [5.41, 5.74) is 2.62. The van der Waals surface area contributed by atoms with Crippen LogP contribution in [0.2, 0.25) is 0 Å². The summed E-state index contributed by atoms with van der Waals surface area (Å²) in [6.45, 7) is 2.38. The lowest BCUT2D eigenvalue weighted by molar-refractivity contribution is 0.238. The lowest BCUT2D eigenvalue weighted by Crippen LogP contribution is -2.38. The molecular formula is C18H19FN4O. The topological polar surface area (TPSA) is 69.8 Å². The molecule has 3 aromatic rings. The highest BCUT2D eigenvalue weighted by Gasteiger charge is 2.10. The van der Waals surface area contributed by atoms with Crippen molar-refractivity contribution in [2.45, 2.75) is 19.4 Å². The van der Waals surface area contributed by atoms with Crippen molar-refractivity contribution in [2.75, 3.05) is 6.54 Å². The number of aromatic nitrogens is 2. The standard InChI is InChI=1S/C18H19FN4O/c1-12(16-4-2-3-8-20-16)23-18(24)21-9-7-13-11-22-17-10-14(19)5-6-15(13)17/h2-6,8,10-12,22H,7,9H2,1H3,(H2,21,23,24)/t12-/m1/s1. The zero-order valence-corrected chi connectivity index (χ0v) is 13.3. The fourth-order valence-electron chi connectivity index (χ4n) is 2.63. The lowest BCUT2D eigenvalue weighted by Gasteiger charge is -2.14. The van der Waals surface area contributed by atoms with Gasteiger partial charge in [-0.15, -0.1) is 0 Å². The molecule has 0 fully saturated rings. The van der Waals surface area contributed by atoms with Crippen molar-refractivity contribution in [1.82, 2.24) is 20.6 Å². The quantitative estimate of drug-likeness (QED) is 0.673. The maximum atomic E-state index is 13.2. The molecule has 3 N–H and O–H groups in total. The maximum Gasteiger partial charge on any atom is 0.315 e. The van der Waals surface area contributed by atoms with Crippen molar-refractivity contribution in [3.8, 4) is 0 Å². The molecule has 0 saturated heterocycles. The van der Waals surface area contributed by atoms with Crippen LogP contribution >= 0.6 is 0 Å². The van der Waals surface area contributed by atoms with Crippen LogP contribution in [0.25, 0.3) is 10.9 Å². The van der Waals surface area contributed by atoms with Crippen LogP contribution in [0, 0.1) is 5.82 Å². The minimum absolute atomic E-state index is 0.165. The Morgan fingerprint density at radius 1 is 1.33 bits per heavy atom. The van der Waals surface area contributed by atoms with Crippen molar-refractivity contribution in [2.24, 2.45) is 0 Å². The number of pyridine rings is 1. The fraction of sp³-hybridized carbons (Fsp3) is 0.222. The van der Waals surface area contributed by atoms with E-state index in [1.54, 1.807) is 12.3 Å². The second-order valence-electron chi connectivity index (χ2n) is 5.63. The molecule has 6 heteroatoms. The van der Waals surface area contributed by atoms with Gasteiger partial charge in [0.2, 0.25) is 0 Å². The first kappa shape index (κ1) is 16.0. The summed E-state index contributed by atoms with van der Waals surface area (Å²) < 4.78 is 13.2. The average molecular weight is 326 g/mol. The number of benzene rings is 1. The highest BCUT2D eigenvalue weighted by molar-refractivity contribution is 5.83. The summed E-state index contributed by atoms with van der Waals surface area (Å²) in [6.07, 6.45) is 4.21. The van der Waals surface area contributed by atoms with Crippen molar-refractivity contribution in [1.29, 1.82) is 0 Å². The van der Waals surface area contributed by atoms with Gasteiger partial charge in [-0.05, 0) is 49.2 Å². The van der Waals surface area contributed by atoms with E-state index >= 15 is 0 Å². The minimum atomic E-state index is -0.267. The zero-order chi connectivity index (χ0) is 16.9. The van der Waals surface area contributed by atoms with Crippen LogP contribution in [-0.2, 0) is 6.42 Å². The number of halogens is 1. The molecule has 0 saturated carbocycles. The molecular weight excluding hydrogens is 307 g/mol. The number of nitrogens with one attached hydrogen (secondary N) is 3. The van der Waals surface area contributed by atoms with E-state index in [1.165, 1.54) is 12.1 Å². The molecule has 0 spiro atoms. The summed E-state index contributed by atoms with van der Waals surface area (Å²) >= 11 is 0. The molecule has 3 rings (SSSR count). The number of nitrogens with zero attached hydrogens (tertiary/aromatic N) is 1. The van der Waals surface area contributed by atoms with E-state index < -0.39 is 0 Å². The fourth-order valence-corrected chi connectivity index (χ4v) is 2.63. The van der Waals surface area contributed by atoms with Gasteiger partial charge >= 0.3 is 6.03 Å². The van der Waals surface area contributed by atoms with E-state index in [9.17, 15) is 9.18 Å². The van der Waals surface area contributed by atoms with E-state index in [-0.39, 0.29) is 17.9 Å². The molecule has 2 heterocycles. The van der Waals surface area contributed by atoms with E-state index in [4.69, 9.17) is 0 Å². The van der Waals surface area contributed by atoms with Gasteiger partial charge < -0.3 is 15.6 Å². The summed E-state index contributed by atoms with van der Waals surface area (Å²) in [7, 11) is 0. The summed E-state index contributed by atoms with van der Waals surface area (Å²) in [5.74, 6) is -0.267. The summed E-state index contributed by atoms with van der Waals surface area (Å²) in [6, 6.07) is 9.85.